The van der Waals surface area contributed by atoms with Crippen LogP contribution in [0, 0.1) is 0 Å². The molecule has 1 aliphatic rings. The number of carbonyl (C=O) groups is 5. The number of likely N-dealkylation sites (tertiary alicyclic amines) is 1. The predicted octanol–water partition coefficient (Wildman–Crippen LogP) is 3.65. The van der Waals surface area contributed by atoms with Crippen LogP contribution in [0.1, 0.15) is 50.3 Å². The van der Waals surface area contributed by atoms with E-state index in [9.17, 15) is 29.1 Å². The highest BCUT2D eigenvalue weighted by molar-refractivity contribution is 5.95. The molecule has 3 aromatic carbocycles. The summed E-state index contributed by atoms with van der Waals surface area (Å²) in [5, 5.41) is 18.2. The monoisotopic (exact) mass is 656 g/mol. The van der Waals surface area contributed by atoms with Crippen molar-refractivity contribution in [1.29, 1.82) is 0 Å². The van der Waals surface area contributed by atoms with Gasteiger partial charge < -0.3 is 25.8 Å². The van der Waals surface area contributed by atoms with Crippen LogP contribution in [0.15, 0.2) is 91.0 Å². The lowest BCUT2D eigenvalue weighted by molar-refractivity contribution is -0.142. The van der Waals surface area contributed by atoms with E-state index < -0.39 is 59.6 Å². The van der Waals surface area contributed by atoms with Crippen molar-refractivity contribution in [3.8, 4) is 0 Å². The number of carboxylic acids is 1. The molecule has 0 saturated carbocycles. The van der Waals surface area contributed by atoms with E-state index in [1.54, 1.807) is 69.3 Å². The first-order chi connectivity index (χ1) is 22.9. The highest BCUT2D eigenvalue weighted by Crippen LogP contribution is 2.21. The lowest BCUT2D eigenvalue weighted by Crippen LogP contribution is -2.58. The van der Waals surface area contributed by atoms with Gasteiger partial charge in [-0.2, -0.15) is 0 Å². The number of nitrogens with one attached hydrogen (secondary N) is 3. The second-order valence-electron chi connectivity index (χ2n) is 12.9. The SMILES string of the molecule is CC(C)(C)OC(=O)N1CCC[C@H]1C(=O)N[C@@H](Cc1ccccc1)C(=O)N[C@@H](Cc1ccccc1)C(=O)N[C@@H](Cc1ccccc1)C(=O)O. The van der Waals surface area contributed by atoms with Crippen molar-refractivity contribution in [2.45, 2.75) is 82.6 Å². The molecule has 1 fully saturated rings. The molecule has 0 unspecified atom stereocenters. The molecule has 1 aliphatic heterocycles. The largest absolute Gasteiger partial charge is 0.480 e. The fourth-order valence-electron chi connectivity index (χ4n) is 5.56. The highest BCUT2D eigenvalue weighted by Gasteiger charge is 2.38. The lowest BCUT2D eigenvalue weighted by Gasteiger charge is -2.29. The summed E-state index contributed by atoms with van der Waals surface area (Å²) in [7, 11) is 0. The summed E-state index contributed by atoms with van der Waals surface area (Å²) in [6.45, 7) is 5.59. The average molecular weight is 657 g/mol. The molecule has 1 saturated heterocycles. The Hall–Kier alpha value is -5.19. The smallest absolute Gasteiger partial charge is 0.410 e. The van der Waals surface area contributed by atoms with Crippen LogP contribution in [0.2, 0.25) is 0 Å². The van der Waals surface area contributed by atoms with Gasteiger partial charge in [0.25, 0.3) is 0 Å². The van der Waals surface area contributed by atoms with Crippen molar-refractivity contribution >= 4 is 29.8 Å². The zero-order chi connectivity index (χ0) is 34.7. The maximum absolute atomic E-state index is 14.0. The molecule has 0 radical (unpaired) electrons. The number of ether oxygens (including phenoxy) is 1. The Morgan fingerprint density at radius 3 is 1.56 bits per heavy atom. The molecule has 1 heterocycles. The second-order valence-corrected chi connectivity index (χ2v) is 12.9. The van der Waals surface area contributed by atoms with Gasteiger partial charge in [0.2, 0.25) is 17.7 Å². The molecule has 4 rings (SSSR count). The normalized spacial score (nSPS) is 16.2. The van der Waals surface area contributed by atoms with Gasteiger partial charge >= 0.3 is 12.1 Å². The Bertz CT molecular complexity index is 1540. The van der Waals surface area contributed by atoms with Gasteiger partial charge in [0.05, 0.1) is 0 Å². The van der Waals surface area contributed by atoms with Gasteiger partial charge in [-0.25, -0.2) is 9.59 Å². The van der Waals surface area contributed by atoms with Gasteiger partial charge in [-0.3, -0.25) is 19.3 Å². The Labute approximate surface area is 281 Å². The first-order valence-corrected chi connectivity index (χ1v) is 16.1. The zero-order valence-electron chi connectivity index (χ0n) is 27.6. The van der Waals surface area contributed by atoms with Crippen molar-refractivity contribution < 1.29 is 33.8 Å². The van der Waals surface area contributed by atoms with E-state index in [4.69, 9.17) is 4.74 Å². The first-order valence-electron chi connectivity index (χ1n) is 16.1. The van der Waals surface area contributed by atoms with Crippen molar-refractivity contribution in [2.75, 3.05) is 6.54 Å². The number of carboxylic acid groups (broad SMARTS) is 1. The van der Waals surface area contributed by atoms with Gasteiger partial charge in [-0.1, -0.05) is 91.0 Å². The molecule has 0 spiro atoms. The Kier molecular flexibility index (Phi) is 12.3. The van der Waals surface area contributed by atoms with E-state index in [1.807, 2.05) is 42.5 Å². The molecule has 11 heteroatoms. The maximum atomic E-state index is 14.0. The van der Waals surface area contributed by atoms with Crippen molar-refractivity contribution in [1.82, 2.24) is 20.9 Å². The predicted molar refractivity (Wildman–Crippen MR) is 180 cm³/mol. The Balaban J connectivity index is 1.55. The van der Waals surface area contributed by atoms with E-state index in [2.05, 4.69) is 16.0 Å². The summed E-state index contributed by atoms with van der Waals surface area (Å²) in [4.78, 5) is 67.8. The van der Waals surface area contributed by atoms with Crippen molar-refractivity contribution in [2.24, 2.45) is 0 Å². The molecule has 0 aliphatic carbocycles. The van der Waals surface area contributed by atoms with Crippen LogP contribution in [0.3, 0.4) is 0 Å². The third kappa shape index (κ3) is 10.7. The summed E-state index contributed by atoms with van der Waals surface area (Å²) >= 11 is 0. The fraction of sp³-hybridized carbons (Fsp3) is 0.378. The molecule has 3 aromatic rings. The van der Waals surface area contributed by atoms with Gasteiger partial charge in [0, 0.05) is 25.8 Å². The van der Waals surface area contributed by atoms with Crippen LogP contribution in [-0.4, -0.2) is 76.1 Å². The fourth-order valence-corrected chi connectivity index (χ4v) is 5.56. The number of aliphatic carboxylic acids is 1. The van der Waals surface area contributed by atoms with Crippen molar-refractivity contribution in [3.63, 3.8) is 0 Å². The summed E-state index contributed by atoms with van der Waals surface area (Å²) in [5.41, 5.74) is 1.50. The average Bonchev–Trinajstić information content (AvgIpc) is 3.55. The minimum atomic E-state index is -1.24. The maximum Gasteiger partial charge on any atom is 0.410 e. The number of benzene rings is 3. The van der Waals surface area contributed by atoms with Crippen LogP contribution in [0.5, 0.6) is 0 Å². The molecular formula is C37H44N4O7. The summed E-state index contributed by atoms with van der Waals surface area (Å²) in [6.07, 6.45) is 0.644. The van der Waals surface area contributed by atoms with Gasteiger partial charge in [-0.15, -0.1) is 0 Å². The van der Waals surface area contributed by atoms with Crippen LogP contribution in [0.4, 0.5) is 4.79 Å². The minimum Gasteiger partial charge on any atom is -0.480 e. The lowest BCUT2D eigenvalue weighted by atomic mass is 10.0. The topological polar surface area (TPSA) is 154 Å². The number of nitrogens with zero attached hydrogens (tertiary/aromatic N) is 1. The van der Waals surface area contributed by atoms with E-state index in [1.165, 1.54) is 4.90 Å². The van der Waals surface area contributed by atoms with Crippen LogP contribution < -0.4 is 16.0 Å². The van der Waals surface area contributed by atoms with Gasteiger partial charge in [-0.05, 0) is 50.3 Å². The van der Waals surface area contributed by atoms with E-state index in [0.717, 1.165) is 16.7 Å². The van der Waals surface area contributed by atoms with Gasteiger partial charge in [0.15, 0.2) is 0 Å². The molecule has 48 heavy (non-hydrogen) atoms. The molecule has 4 amide bonds. The van der Waals surface area contributed by atoms with Crippen LogP contribution in [0.25, 0.3) is 0 Å². The number of carbonyl (C=O) groups excluding carboxylic acids is 4. The Morgan fingerprint density at radius 1 is 0.708 bits per heavy atom. The summed E-state index contributed by atoms with van der Waals surface area (Å²) < 4.78 is 5.51. The quantitative estimate of drug-likeness (QED) is 0.219. The number of rotatable bonds is 13. The van der Waals surface area contributed by atoms with Gasteiger partial charge in [0.1, 0.15) is 29.8 Å². The standard InChI is InChI=1S/C37H44N4O7/c1-37(2,3)48-36(47)41-21-13-20-31(41)34(44)39-29(23-26-16-9-5-10-17-26)32(42)38-28(22-25-14-7-4-8-15-25)33(43)40-30(35(45)46)24-27-18-11-6-12-19-27/h4-12,14-19,28-31H,13,20-24H2,1-3H3,(H,38,42)(H,39,44)(H,40,43)(H,45,46)/t28-,29-,30-,31-/m0/s1. The molecule has 0 aromatic heterocycles. The van der Waals surface area contributed by atoms with E-state index in [-0.39, 0.29) is 19.3 Å². The first kappa shape index (κ1) is 35.7. The molecule has 0 bridgehead atoms. The third-order valence-corrected chi connectivity index (χ3v) is 7.91. The number of hydrogen-bond donors (Lipinski definition) is 4. The molecule has 4 atom stereocenters. The van der Waals surface area contributed by atoms with Crippen molar-refractivity contribution in [3.05, 3.63) is 108 Å². The number of amides is 4. The minimum absolute atomic E-state index is 0.0517. The molecule has 4 N–H and O–H groups in total. The zero-order valence-corrected chi connectivity index (χ0v) is 27.6. The molecule has 254 valence electrons. The highest BCUT2D eigenvalue weighted by atomic mass is 16.6. The second kappa shape index (κ2) is 16.6. The van der Waals surface area contributed by atoms with Crippen LogP contribution >= 0.6 is 0 Å². The number of hydrogen-bond acceptors (Lipinski definition) is 6. The summed E-state index contributed by atoms with van der Waals surface area (Å²) in [6, 6.07) is 22.8. The third-order valence-electron chi connectivity index (χ3n) is 7.91. The molecular weight excluding hydrogens is 612 g/mol. The molecule has 11 nitrogen and oxygen atoms in total. The van der Waals surface area contributed by atoms with Crippen LogP contribution in [-0.2, 0) is 43.2 Å². The Morgan fingerprint density at radius 2 is 1.12 bits per heavy atom. The van der Waals surface area contributed by atoms with E-state index in [0.29, 0.717) is 19.4 Å². The summed E-state index contributed by atoms with van der Waals surface area (Å²) in [5.74, 6) is -3.02. The van der Waals surface area contributed by atoms with E-state index >= 15 is 0 Å².